The van der Waals surface area contributed by atoms with Crippen molar-refractivity contribution in [1.29, 1.82) is 0 Å². The van der Waals surface area contributed by atoms with E-state index in [1.54, 1.807) is 36.5 Å². The zero-order valence-electron chi connectivity index (χ0n) is 12.5. The van der Waals surface area contributed by atoms with Crippen LogP contribution < -0.4 is 5.32 Å². The van der Waals surface area contributed by atoms with E-state index in [1.165, 1.54) is 0 Å². The van der Waals surface area contributed by atoms with Crippen LogP contribution in [0.2, 0.25) is 0 Å². The third kappa shape index (κ3) is 3.04. The van der Waals surface area contributed by atoms with Crippen LogP contribution in [0.15, 0.2) is 36.5 Å². The second kappa shape index (κ2) is 6.10. The van der Waals surface area contributed by atoms with E-state index in [9.17, 15) is 22.8 Å². The van der Waals surface area contributed by atoms with Crippen LogP contribution >= 0.6 is 0 Å². The SMILES string of the molecule is O=C(Nc1cccc2ncccc12)C1CCCN1C(=O)C(F)(F)F. The van der Waals surface area contributed by atoms with Crippen LogP contribution in [-0.4, -0.2) is 40.5 Å². The first-order valence-corrected chi connectivity index (χ1v) is 7.40. The second-order valence-corrected chi connectivity index (χ2v) is 5.52. The Kier molecular flexibility index (Phi) is 4.13. The molecular weight excluding hydrogens is 323 g/mol. The molecule has 0 radical (unpaired) electrons. The fourth-order valence-electron chi connectivity index (χ4n) is 2.87. The number of likely N-dealkylation sites (tertiary alicyclic amines) is 1. The number of benzene rings is 1. The molecule has 8 heteroatoms. The molecule has 1 fully saturated rings. The minimum atomic E-state index is -4.98. The lowest BCUT2D eigenvalue weighted by Crippen LogP contribution is -2.48. The number of aromatic nitrogens is 1. The maximum absolute atomic E-state index is 12.6. The summed E-state index contributed by atoms with van der Waals surface area (Å²) in [7, 11) is 0. The van der Waals surface area contributed by atoms with Gasteiger partial charge in [0.1, 0.15) is 6.04 Å². The zero-order chi connectivity index (χ0) is 17.3. The largest absolute Gasteiger partial charge is 0.471 e. The summed E-state index contributed by atoms with van der Waals surface area (Å²) in [6, 6.07) is 7.44. The van der Waals surface area contributed by atoms with Crippen LogP contribution in [0.5, 0.6) is 0 Å². The highest BCUT2D eigenvalue weighted by molar-refractivity contribution is 6.04. The summed E-state index contributed by atoms with van der Waals surface area (Å²) in [6.07, 6.45) is -2.81. The Balaban J connectivity index is 1.82. The summed E-state index contributed by atoms with van der Waals surface area (Å²) in [6.45, 7) is -0.0759. The number of carbonyl (C=O) groups is 2. The highest BCUT2D eigenvalue weighted by Gasteiger charge is 2.47. The first-order chi connectivity index (χ1) is 11.4. The van der Waals surface area contributed by atoms with Crippen molar-refractivity contribution in [2.45, 2.75) is 25.1 Å². The first kappa shape index (κ1) is 16.2. The van der Waals surface area contributed by atoms with Gasteiger partial charge in [0.25, 0.3) is 0 Å². The molecule has 0 saturated carbocycles. The smallest absolute Gasteiger partial charge is 0.324 e. The van der Waals surface area contributed by atoms with E-state index in [1.807, 2.05) is 0 Å². The second-order valence-electron chi connectivity index (χ2n) is 5.52. The lowest BCUT2D eigenvalue weighted by molar-refractivity contribution is -0.186. The van der Waals surface area contributed by atoms with Crippen molar-refractivity contribution in [1.82, 2.24) is 9.88 Å². The van der Waals surface area contributed by atoms with Gasteiger partial charge >= 0.3 is 12.1 Å². The molecule has 1 unspecified atom stereocenters. The fraction of sp³-hybridized carbons (Fsp3) is 0.312. The van der Waals surface area contributed by atoms with Crippen LogP contribution in [0.3, 0.4) is 0 Å². The van der Waals surface area contributed by atoms with E-state index in [4.69, 9.17) is 0 Å². The number of hydrogen-bond donors (Lipinski definition) is 1. The number of amides is 2. The van der Waals surface area contributed by atoms with E-state index in [-0.39, 0.29) is 13.0 Å². The van der Waals surface area contributed by atoms with Gasteiger partial charge in [-0.25, -0.2) is 0 Å². The maximum atomic E-state index is 12.6. The van der Waals surface area contributed by atoms with Gasteiger partial charge in [-0.05, 0) is 37.1 Å². The molecule has 1 N–H and O–H groups in total. The average Bonchev–Trinajstić information content (AvgIpc) is 3.03. The molecular formula is C16H14F3N3O2. The number of halogens is 3. The molecule has 126 valence electrons. The number of nitrogens with one attached hydrogen (secondary N) is 1. The fourth-order valence-corrected chi connectivity index (χ4v) is 2.87. The van der Waals surface area contributed by atoms with Crippen molar-refractivity contribution >= 4 is 28.4 Å². The quantitative estimate of drug-likeness (QED) is 0.916. The number of pyridine rings is 1. The van der Waals surface area contributed by atoms with Gasteiger partial charge in [-0.3, -0.25) is 14.6 Å². The highest BCUT2D eigenvalue weighted by atomic mass is 19.4. The van der Waals surface area contributed by atoms with Gasteiger partial charge < -0.3 is 10.2 Å². The summed E-state index contributed by atoms with van der Waals surface area (Å²) in [5.41, 5.74) is 1.11. The Bertz CT molecular complexity index is 786. The molecule has 1 aliphatic rings. The summed E-state index contributed by atoms with van der Waals surface area (Å²) in [5, 5.41) is 3.30. The van der Waals surface area contributed by atoms with E-state index in [0.29, 0.717) is 27.9 Å². The minimum Gasteiger partial charge on any atom is -0.324 e. The van der Waals surface area contributed by atoms with Gasteiger partial charge in [0.15, 0.2) is 0 Å². The molecule has 0 bridgehead atoms. The highest BCUT2D eigenvalue weighted by Crippen LogP contribution is 2.27. The van der Waals surface area contributed by atoms with E-state index in [0.717, 1.165) is 0 Å². The normalized spacial score (nSPS) is 18.0. The van der Waals surface area contributed by atoms with Crippen molar-refractivity contribution in [2.75, 3.05) is 11.9 Å². The number of fused-ring (bicyclic) bond motifs is 1. The number of anilines is 1. The topological polar surface area (TPSA) is 62.3 Å². The molecule has 1 atom stereocenters. The number of alkyl halides is 3. The third-order valence-corrected chi connectivity index (χ3v) is 3.96. The monoisotopic (exact) mass is 337 g/mol. The van der Waals surface area contributed by atoms with Crippen LogP contribution in [0, 0.1) is 0 Å². The standard InChI is InChI=1S/C16H14F3N3O2/c17-16(18,19)15(24)22-9-3-7-13(22)14(23)21-12-6-1-5-11-10(12)4-2-8-20-11/h1-2,4-6,8,13H,3,7,9H2,(H,21,23). The summed E-state index contributed by atoms with van der Waals surface area (Å²) < 4.78 is 37.9. The Labute approximate surface area is 135 Å². The summed E-state index contributed by atoms with van der Waals surface area (Å²) in [4.78, 5) is 28.6. The van der Waals surface area contributed by atoms with Crippen LogP contribution in [-0.2, 0) is 9.59 Å². The predicted molar refractivity (Wildman–Crippen MR) is 81.2 cm³/mol. The number of hydrogen-bond acceptors (Lipinski definition) is 3. The molecule has 2 amide bonds. The van der Waals surface area contributed by atoms with Crippen LogP contribution in [0.25, 0.3) is 10.9 Å². The van der Waals surface area contributed by atoms with Crippen molar-refractivity contribution in [3.8, 4) is 0 Å². The Morgan fingerprint density at radius 3 is 2.75 bits per heavy atom. The van der Waals surface area contributed by atoms with Crippen molar-refractivity contribution < 1.29 is 22.8 Å². The molecule has 0 spiro atoms. The van der Waals surface area contributed by atoms with Crippen LogP contribution in [0.1, 0.15) is 12.8 Å². The van der Waals surface area contributed by atoms with Gasteiger partial charge in [0, 0.05) is 18.1 Å². The molecule has 2 aromatic rings. The van der Waals surface area contributed by atoms with Crippen LogP contribution in [0.4, 0.5) is 18.9 Å². The van der Waals surface area contributed by atoms with E-state index in [2.05, 4.69) is 10.3 Å². The molecule has 1 saturated heterocycles. The van der Waals surface area contributed by atoms with Gasteiger partial charge in [0.2, 0.25) is 5.91 Å². The molecule has 1 aliphatic heterocycles. The number of nitrogens with zero attached hydrogens (tertiary/aromatic N) is 2. The Morgan fingerprint density at radius 2 is 2.00 bits per heavy atom. The summed E-state index contributed by atoms with van der Waals surface area (Å²) >= 11 is 0. The summed E-state index contributed by atoms with van der Waals surface area (Å²) in [5.74, 6) is -2.60. The average molecular weight is 337 g/mol. The lowest BCUT2D eigenvalue weighted by atomic mass is 10.1. The van der Waals surface area contributed by atoms with Crippen molar-refractivity contribution in [3.63, 3.8) is 0 Å². The molecule has 3 rings (SSSR count). The number of rotatable bonds is 2. The maximum Gasteiger partial charge on any atom is 0.471 e. The molecule has 1 aromatic carbocycles. The third-order valence-electron chi connectivity index (χ3n) is 3.96. The van der Waals surface area contributed by atoms with Crippen molar-refractivity contribution in [2.24, 2.45) is 0 Å². The lowest BCUT2D eigenvalue weighted by Gasteiger charge is -2.24. The van der Waals surface area contributed by atoms with Gasteiger partial charge in [-0.1, -0.05) is 6.07 Å². The number of carbonyl (C=O) groups excluding carboxylic acids is 2. The Hall–Kier alpha value is -2.64. The molecule has 5 nitrogen and oxygen atoms in total. The van der Waals surface area contributed by atoms with Gasteiger partial charge in [0.05, 0.1) is 11.2 Å². The molecule has 0 aliphatic carbocycles. The van der Waals surface area contributed by atoms with E-state index >= 15 is 0 Å². The molecule has 24 heavy (non-hydrogen) atoms. The van der Waals surface area contributed by atoms with Crippen molar-refractivity contribution in [3.05, 3.63) is 36.5 Å². The zero-order valence-corrected chi connectivity index (χ0v) is 12.5. The Morgan fingerprint density at radius 1 is 1.21 bits per heavy atom. The van der Waals surface area contributed by atoms with E-state index < -0.39 is 24.0 Å². The minimum absolute atomic E-state index is 0.0759. The van der Waals surface area contributed by atoms with Gasteiger partial charge in [-0.2, -0.15) is 13.2 Å². The van der Waals surface area contributed by atoms with Gasteiger partial charge in [-0.15, -0.1) is 0 Å². The molecule has 1 aromatic heterocycles. The molecule has 2 heterocycles. The first-order valence-electron chi connectivity index (χ1n) is 7.40. The predicted octanol–water partition coefficient (Wildman–Crippen LogP) is 2.73.